The maximum atomic E-state index is 3.99. The van der Waals surface area contributed by atoms with Crippen LogP contribution in [0.2, 0.25) is 0 Å². The molecule has 0 radical (unpaired) electrons. The molecule has 1 aliphatic rings. The number of H-pyrrole nitrogens is 1. The van der Waals surface area contributed by atoms with E-state index in [4.69, 9.17) is 0 Å². The molecule has 1 atom stereocenters. The fourth-order valence-electron chi connectivity index (χ4n) is 1.64. The largest absolute Gasteiger partial charge is 0.310 e. The number of halogens is 1. The highest BCUT2D eigenvalue weighted by Gasteiger charge is 2.17. The van der Waals surface area contributed by atoms with Gasteiger partial charge >= 0.3 is 0 Å². The summed E-state index contributed by atoms with van der Waals surface area (Å²) in [4.78, 5) is 0. The second-order valence-electron chi connectivity index (χ2n) is 3.14. The predicted molar refractivity (Wildman–Crippen MR) is 50.9 cm³/mol. The third-order valence-electron chi connectivity index (χ3n) is 2.31. The summed E-state index contributed by atoms with van der Waals surface area (Å²) in [6.45, 7) is 1.13. The lowest BCUT2D eigenvalue weighted by Crippen LogP contribution is -2.26. The molecular formula is C8H12BrN3. The van der Waals surface area contributed by atoms with Crippen molar-refractivity contribution >= 4 is 15.9 Å². The molecule has 0 aromatic carbocycles. The van der Waals surface area contributed by atoms with Crippen LogP contribution in [-0.4, -0.2) is 16.7 Å². The number of piperidine rings is 1. The number of rotatable bonds is 1. The molecule has 1 aromatic heterocycles. The molecule has 2 N–H and O–H groups in total. The zero-order valence-electron chi connectivity index (χ0n) is 6.81. The molecule has 12 heavy (non-hydrogen) atoms. The Bertz CT molecular complexity index is 253. The van der Waals surface area contributed by atoms with Crippen molar-refractivity contribution in [3.8, 4) is 0 Å². The molecule has 0 aliphatic carbocycles. The first-order valence-electron chi connectivity index (χ1n) is 4.30. The molecule has 1 unspecified atom stereocenters. The van der Waals surface area contributed by atoms with E-state index in [0.29, 0.717) is 6.04 Å². The number of hydrogen-bond acceptors (Lipinski definition) is 2. The van der Waals surface area contributed by atoms with Crippen LogP contribution in [0.5, 0.6) is 0 Å². The lowest BCUT2D eigenvalue weighted by Gasteiger charge is -2.22. The summed E-state index contributed by atoms with van der Waals surface area (Å²) < 4.78 is 1.02. The Morgan fingerprint density at radius 3 is 3.00 bits per heavy atom. The fourth-order valence-corrected chi connectivity index (χ4v) is 2.12. The van der Waals surface area contributed by atoms with Crippen LogP contribution < -0.4 is 5.32 Å². The highest BCUT2D eigenvalue weighted by atomic mass is 79.9. The molecule has 1 aromatic rings. The van der Waals surface area contributed by atoms with Crippen molar-refractivity contribution < 1.29 is 0 Å². The number of aromatic nitrogens is 2. The second-order valence-corrected chi connectivity index (χ2v) is 3.93. The summed E-state index contributed by atoms with van der Waals surface area (Å²) in [7, 11) is 0. The van der Waals surface area contributed by atoms with Crippen LogP contribution in [-0.2, 0) is 0 Å². The highest BCUT2D eigenvalue weighted by molar-refractivity contribution is 9.10. The van der Waals surface area contributed by atoms with Gasteiger partial charge in [-0.3, -0.25) is 5.10 Å². The first kappa shape index (κ1) is 8.26. The molecule has 4 heteroatoms. The average Bonchev–Trinajstić information content (AvgIpc) is 2.53. The smallest absolute Gasteiger partial charge is 0.105 e. The van der Waals surface area contributed by atoms with Gasteiger partial charge in [-0.15, -0.1) is 0 Å². The minimum atomic E-state index is 0.492. The van der Waals surface area contributed by atoms with E-state index in [1.165, 1.54) is 24.8 Å². The average molecular weight is 230 g/mol. The molecule has 66 valence electrons. The van der Waals surface area contributed by atoms with Crippen LogP contribution in [0.25, 0.3) is 0 Å². The summed E-state index contributed by atoms with van der Waals surface area (Å²) in [5.41, 5.74) is 1.26. The number of hydrogen-bond donors (Lipinski definition) is 2. The lowest BCUT2D eigenvalue weighted by molar-refractivity contribution is 0.411. The van der Waals surface area contributed by atoms with Gasteiger partial charge in [0.25, 0.3) is 0 Å². The fraction of sp³-hybridized carbons (Fsp3) is 0.625. The van der Waals surface area contributed by atoms with Crippen LogP contribution >= 0.6 is 15.9 Å². The molecule has 1 fully saturated rings. The molecule has 1 aliphatic heterocycles. The quantitative estimate of drug-likeness (QED) is 0.774. The standard InChI is InChI=1S/C8H12BrN3/c9-8-6(5-11-12-8)7-3-1-2-4-10-7/h5,7,10H,1-4H2,(H,11,12). The van der Waals surface area contributed by atoms with Gasteiger partial charge in [0.15, 0.2) is 0 Å². The van der Waals surface area contributed by atoms with E-state index in [1.807, 2.05) is 6.20 Å². The van der Waals surface area contributed by atoms with Crippen LogP contribution in [0.4, 0.5) is 0 Å². The van der Waals surface area contributed by atoms with Crippen LogP contribution in [0.1, 0.15) is 30.9 Å². The topological polar surface area (TPSA) is 40.7 Å². The van der Waals surface area contributed by atoms with Crippen LogP contribution in [0.15, 0.2) is 10.8 Å². The van der Waals surface area contributed by atoms with Gasteiger partial charge in [0.05, 0.1) is 6.20 Å². The Balaban J connectivity index is 2.13. The van der Waals surface area contributed by atoms with Crippen molar-refractivity contribution in [2.45, 2.75) is 25.3 Å². The number of aromatic amines is 1. The highest BCUT2D eigenvalue weighted by Crippen LogP contribution is 2.26. The Morgan fingerprint density at radius 1 is 1.50 bits per heavy atom. The van der Waals surface area contributed by atoms with Gasteiger partial charge in [-0.1, -0.05) is 6.42 Å². The van der Waals surface area contributed by atoms with E-state index in [0.717, 1.165) is 11.1 Å². The minimum Gasteiger partial charge on any atom is -0.310 e. The molecule has 0 bridgehead atoms. The molecule has 0 saturated carbocycles. The zero-order valence-corrected chi connectivity index (χ0v) is 8.39. The molecule has 2 heterocycles. The Morgan fingerprint density at radius 2 is 2.42 bits per heavy atom. The normalized spacial score (nSPS) is 24.2. The van der Waals surface area contributed by atoms with Gasteiger partial charge < -0.3 is 5.32 Å². The van der Waals surface area contributed by atoms with Crippen molar-refractivity contribution in [1.29, 1.82) is 0 Å². The Labute approximate surface area is 80.1 Å². The maximum absolute atomic E-state index is 3.99. The maximum Gasteiger partial charge on any atom is 0.105 e. The Hall–Kier alpha value is -0.350. The van der Waals surface area contributed by atoms with Crippen molar-refractivity contribution in [3.63, 3.8) is 0 Å². The number of nitrogens with zero attached hydrogens (tertiary/aromatic N) is 1. The molecule has 3 nitrogen and oxygen atoms in total. The summed E-state index contributed by atoms with van der Waals surface area (Å²) in [5, 5.41) is 10.3. The summed E-state index contributed by atoms with van der Waals surface area (Å²) in [6, 6.07) is 0.492. The van der Waals surface area contributed by atoms with Gasteiger partial charge in [0, 0.05) is 11.6 Å². The van der Waals surface area contributed by atoms with Gasteiger partial charge in [0.2, 0.25) is 0 Å². The number of nitrogens with one attached hydrogen (secondary N) is 2. The molecule has 1 saturated heterocycles. The van der Waals surface area contributed by atoms with Gasteiger partial charge in [-0.05, 0) is 35.3 Å². The Kier molecular flexibility index (Phi) is 2.46. The van der Waals surface area contributed by atoms with Crippen molar-refractivity contribution in [2.75, 3.05) is 6.54 Å². The van der Waals surface area contributed by atoms with Gasteiger partial charge in [-0.2, -0.15) is 5.10 Å². The van der Waals surface area contributed by atoms with E-state index in [9.17, 15) is 0 Å². The van der Waals surface area contributed by atoms with Gasteiger partial charge in [-0.25, -0.2) is 0 Å². The van der Waals surface area contributed by atoms with Crippen LogP contribution in [0.3, 0.4) is 0 Å². The van der Waals surface area contributed by atoms with E-state index in [2.05, 4.69) is 31.4 Å². The van der Waals surface area contributed by atoms with Gasteiger partial charge in [0.1, 0.15) is 4.60 Å². The summed E-state index contributed by atoms with van der Waals surface area (Å²) in [5.74, 6) is 0. The van der Waals surface area contributed by atoms with Crippen molar-refractivity contribution in [1.82, 2.24) is 15.5 Å². The molecule has 0 amide bonds. The predicted octanol–water partition coefficient (Wildman–Crippen LogP) is 1.99. The van der Waals surface area contributed by atoms with Crippen molar-refractivity contribution in [3.05, 3.63) is 16.4 Å². The van der Waals surface area contributed by atoms with E-state index in [-0.39, 0.29) is 0 Å². The molecule has 2 rings (SSSR count). The second kappa shape index (κ2) is 3.58. The monoisotopic (exact) mass is 229 g/mol. The minimum absolute atomic E-state index is 0.492. The summed E-state index contributed by atoms with van der Waals surface area (Å²) in [6.07, 6.45) is 5.73. The van der Waals surface area contributed by atoms with Crippen molar-refractivity contribution in [2.24, 2.45) is 0 Å². The SMILES string of the molecule is Brc1[nH]ncc1C1CCCCN1. The lowest BCUT2D eigenvalue weighted by atomic mass is 10.0. The first-order valence-corrected chi connectivity index (χ1v) is 5.09. The third kappa shape index (κ3) is 1.54. The summed E-state index contributed by atoms with van der Waals surface area (Å²) >= 11 is 3.44. The zero-order chi connectivity index (χ0) is 8.39. The third-order valence-corrected chi connectivity index (χ3v) is 2.94. The van der Waals surface area contributed by atoms with E-state index in [1.54, 1.807) is 0 Å². The van der Waals surface area contributed by atoms with E-state index >= 15 is 0 Å². The molecule has 0 spiro atoms. The van der Waals surface area contributed by atoms with Crippen LogP contribution in [0, 0.1) is 0 Å². The first-order chi connectivity index (χ1) is 5.88. The molecular weight excluding hydrogens is 218 g/mol. The van der Waals surface area contributed by atoms with E-state index < -0.39 is 0 Å².